The normalized spacial score (nSPS) is 19.8. The summed E-state index contributed by atoms with van der Waals surface area (Å²) in [5, 5.41) is 7.27. The van der Waals surface area contributed by atoms with E-state index in [1.165, 1.54) is 12.1 Å². The van der Waals surface area contributed by atoms with E-state index in [0.717, 1.165) is 25.0 Å². The molecule has 2 atom stereocenters. The largest absolute Gasteiger partial charge is 0.327 e. The highest BCUT2D eigenvalue weighted by Crippen LogP contribution is 2.27. The molecule has 0 radical (unpaired) electrons. The van der Waals surface area contributed by atoms with Gasteiger partial charge in [0.05, 0.1) is 11.4 Å². The second-order valence-electron chi connectivity index (χ2n) is 6.17. The third kappa shape index (κ3) is 4.13. The van der Waals surface area contributed by atoms with Crippen LogP contribution < -0.4 is 11.1 Å². The fraction of sp³-hybridized carbons (Fsp3) is 0.412. The quantitative estimate of drug-likeness (QED) is 0.887. The Bertz CT molecular complexity index is 701. The van der Waals surface area contributed by atoms with E-state index in [4.69, 9.17) is 5.73 Å². The minimum Gasteiger partial charge on any atom is -0.327 e. The zero-order valence-electron chi connectivity index (χ0n) is 13.5. The molecule has 7 heteroatoms. The topological polar surface area (TPSA) is 72.9 Å². The number of nitrogens with zero attached hydrogens (tertiary/aromatic N) is 2. The molecule has 1 aliphatic rings. The highest BCUT2D eigenvalue weighted by atomic mass is 35.5. The number of amides is 1. The summed E-state index contributed by atoms with van der Waals surface area (Å²) in [5.41, 5.74) is 7.51. The summed E-state index contributed by atoms with van der Waals surface area (Å²) in [6.45, 7) is 1.85. The van der Waals surface area contributed by atoms with E-state index in [1.807, 2.05) is 6.92 Å². The molecule has 1 amide bonds. The summed E-state index contributed by atoms with van der Waals surface area (Å²) in [6, 6.07) is 7.92. The van der Waals surface area contributed by atoms with Gasteiger partial charge in [-0.3, -0.25) is 4.79 Å². The maximum Gasteiger partial charge on any atom is 0.225 e. The van der Waals surface area contributed by atoms with Crippen molar-refractivity contribution in [3.63, 3.8) is 0 Å². The average Bonchev–Trinajstić information content (AvgIpc) is 3.06. The van der Waals surface area contributed by atoms with E-state index in [1.54, 1.807) is 22.9 Å². The van der Waals surface area contributed by atoms with Gasteiger partial charge in [-0.2, -0.15) is 5.10 Å². The molecule has 0 aliphatic heterocycles. The summed E-state index contributed by atoms with van der Waals surface area (Å²) in [4.78, 5) is 12.3. The fourth-order valence-corrected chi connectivity index (χ4v) is 3.12. The van der Waals surface area contributed by atoms with Gasteiger partial charge in [0, 0.05) is 18.5 Å². The monoisotopic (exact) mass is 352 g/mol. The Kier molecular flexibility index (Phi) is 5.96. The summed E-state index contributed by atoms with van der Waals surface area (Å²) in [7, 11) is 0. The molecular formula is C17H22ClFN4O. The van der Waals surface area contributed by atoms with Crippen LogP contribution in [0, 0.1) is 18.7 Å². The van der Waals surface area contributed by atoms with Gasteiger partial charge in [-0.25, -0.2) is 9.07 Å². The molecule has 130 valence electrons. The van der Waals surface area contributed by atoms with Crippen LogP contribution in [0.3, 0.4) is 0 Å². The number of benzene rings is 1. The van der Waals surface area contributed by atoms with Gasteiger partial charge in [-0.05, 0) is 49.9 Å². The number of halogens is 2. The van der Waals surface area contributed by atoms with Gasteiger partial charge in [-0.1, -0.05) is 6.42 Å². The molecule has 3 rings (SSSR count). The number of nitrogens with two attached hydrogens (primary N) is 1. The Morgan fingerprint density at radius 3 is 2.71 bits per heavy atom. The number of anilines is 1. The highest BCUT2D eigenvalue weighted by Gasteiger charge is 2.26. The molecule has 2 aromatic rings. The first kappa shape index (κ1) is 18.4. The van der Waals surface area contributed by atoms with Crippen LogP contribution in [0.1, 0.15) is 31.4 Å². The molecule has 1 aromatic heterocycles. The van der Waals surface area contributed by atoms with Crippen LogP contribution in [0.15, 0.2) is 30.3 Å². The molecule has 1 heterocycles. The van der Waals surface area contributed by atoms with E-state index in [2.05, 4.69) is 10.4 Å². The number of aryl methyl sites for hydroxylation is 1. The van der Waals surface area contributed by atoms with E-state index < -0.39 is 0 Å². The van der Waals surface area contributed by atoms with Crippen LogP contribution in [-0.2, 0) is 4.79 Å². The minimum atomic E-state index is -0.307. The third-order valence-electron chi connectivity index (χ3n) is 4.34. The van der Waals surface area contributed by atoms with E-state index >= 15 is 0 Å². The van der Waals surface area contributed by atoms with E-state index in [0.29, 0.717) is 17.9 Å². The van der Waals surface area contributed by atoms with Crippen molar-refractivity contribution in [2.75, 3.05) is 5.32 Å². The van der Waals surface area contributed by atoms with Crippen molar-refractivity contribution in [2.45, 2.75) is 38.6 Å². The van der Waals surface area contributed by atoms with Crippen LogP contribution in [0.5, 0.6) is 0 Å². The zero-order valence-corrected chi connectivity index (χ0v) is 14.4. The predicted molar refractivity (Wildman–Crippen MR) is 94.1 cm³/mol. The maximum atomic E-state index is 13.1. The smallest absolute Gasteiger partial charge is 0.225 e. The lowest BCUT2D eigenvalue weighted by Crippen LogP contribution is -2.28. The lowest BCUT2D eigenvalue weighted by Gasteiger charge is -2.15. The molecule has 1 aliphatic carbocycles. The number of hydrogen-bond donors (Lipinski definition) is 2. The van der Waals surface area contributed by atoms with Gasteiger partial charge in [0.1, 0.15) is 11.6 Å². The summed E-state index contributed by atoms with van der Waals surface area (Å²) >= 11 is 0. The second kappa shape index (κ2) is 7.77. The number of rotatable bonds is 4. The van der Waals surface area contributed by atoms with Gasteiger partial charge >= 0.3 is 0 Å². The number of hydrogen-bond acceptors (Lipinski definition) is 3. The third-order valence-corrected chi connectivity index (χ3v) is 4.34. The first-order valence-electron chi connectivity index (χ1n) is 7.91. The van der Waals surface area contributed by atoms with Gasteiger partial charge in [0.2, 0.25) is 5.91 Å². The summed E-state index contributed by atoms with van der Waals surface area (Å²) in [6.07, 6.45) is 3.51. The molecule has 3 N–H and O–H groups in total. The number of carbonyl (C=O) groups is 1. The number of aromatic nitrogens is 2. The van der Waals surface area contributed by atoms with Crippen molar-refractivity contribution >= 4 is 24.1 Å². The standard InChI is InChI=1S/C17H21FN4O.ClH/c1-11-9-16(20-17(23)10-12-3-2-4-15(12)19)22(21-11)14-7-5-13(18)6-8-14;/h5-9,12,15H,2-4,10,19H2,1H3,(H,20,23);1H/t12-,15+;/m0./s1. The number of carbonyl (C=O) groups excluding carboxylic acids is 1. The molecule has 24 heavy (non-hydrogen) atoms. The molecular weight excluding hydrogens is 331 g/mol. The van der Waals surface area contributed by atoms with Crippen molar-refractivity contribution in [1.82, 2.24) is 9.78 Å². The molecule has 0 spiro atoms. The van der Waals surface area contributed by atoms with Gasteiger partial charge in [-0.15, -0.1) is 12.4 Å². The average molecular weight is 353 g/mol. The molecule has 5 nitrogen and oxygen atoms in total. The van der Waals surface area contributed by atoms with Crippen molar-refractivity contribution in [1.29, 1.82) is 0 Å². The van der Waals surface area contributed by atoms with Crippen LogP contribution >= 0.6 is 12.4 Å². The fourth-order valence-electron chi connectivity index (χ4n) is 3.12. The Hall–Kier alpha value is -1.92. The van der Waals surface area contributed by atoms with Crippen LogP contribution in [-0.4, -0.2) is 21.7 Å². The maximum absolute atomic E-state index is 13.1. The van der Waals surface area contributed by atoms with Gasteiger partial charge < -0.3 is 11.1 Å². The minimum absolute atomic E-state index is 0. The molecule has 1 fully saturated rings. The summed E-state index contributed by atoms with van der Waals surface area (Å²) < 4.78 is 14.7. The SMILES string of the molecule is Cc1cc(NC(=O)C[C@@H]2CCC[C@H]2N)n(-c2ccc(F)cc2)n1.Cl. The zero-order chi connectivity index (χ0) is 16.4. The van der Waals surface area contributed by atoms with Gasteiger partial charge in [0.15, 0.2) is 0 Å². The van der Waals surface area contributed by atoms with Crippen LogP contribution in [0.25, 0.3) is 5.69 Å². The lowest BCUT2D eigenvalue weighted by molar-refractivity contribution is -0.117. The van der Waals surface area contributed by atoms with Crippen molar-refractivity contribution in [3.8, 4) is 5.69 Å². The van der Waals surface area contributed by atoms with E-state index in [9.17, 15) is 9.18 Å². The Balaban J connectivity index is 0.00000208. The molecule has 0 saturated heterocycles. The van der Waals surface area contributed by atoms with Gasteiger partial charge in [0.25, 0.3) is 0 Å². The molecule has 0 bridgehead atoms. The Morgan fingerprint density at radius 1 is 1.38 bits per heavy atom. The van der Waals surface area contributed by atoms with Crippen molar-refractivity contribution in [2.24, 2.45) is 11.7 Å². The predicted octanol–water partition coefficient (Wildman–Crippen LogP) is 3.20. The van der Waals surface area contributed by atoms with E-state index in [-0.39, 0.29) is 36.1 Å². The Labute approximate surface area is 146 Å². The Morgan fingerprint density at radius 2 is 2.08 bits per heavy atom. The molecule has 1 aromatic carbocycles. The van der Waals surface area contributed by atoms with Crippen LogP contribution in [0.2, 0.25) is 0 Å². The molecule has 1 saturated carbocycles. The first-order valence-corrected chi connectivity index (χ1v) is 7.91. The van der Waals surface area contributed by atoms with Crippen molar-refractivity contribution < 1.29 is 9.18 Å². The van der Waals surface area contributed by atoms with Crippen molar-refractivity contribution in [3.05, 3.63) is 41.8 Å². The first-order chi connectivity index (χ1) is 11.0. The van der Waals surface area contributed by atoms with Crippen LogP contribution in [0.4, 0.5) is 10.2 Å². The lowest BCUT2D eigenvalue weighted by atomic mass is 10.00. The highest BCUT2D eigenvalue weighted by molar-refractivity contribution is 5.90. The number of nitrogens with one attached hydrogen (secondary N) is 1. The molecule has 0 unspecified atom stereocenters. The second-order valence-corrected chi connectivity index (χ2v) is 6.17. The summed E-state index contributed by atoms with van der Waals surface area (Å²) in [5.74, 6) is 0.470.